The maximum absolute atomic E-state index is 6.10. The van der Waals surface area contributed by atoms with Crippen LogP contribution in [-0.4, -0.2) is 5.54 Å². The van der Waals surface area contributed by atoms with E-state index in [0.717, 1.165) is 0 Å². The molecule has 0 aromatic carbocycles. The molecule has 1 rings (SSSR count). The Bertz CT molecular complexity index is 136. The summed E-state index contributed by atoms with van der Waals surface area (Å²) in [6.45, 7) is 9.05. The molecule has 2 N–H and O–H groups in total. The van der Waals surface area contributed by atoms with E-state index in [2.05, 4.69) is 27.7 Å². The summed E-state index contributed by atoms with van der Waals surface area (Å²) in [6.07, 6.45) is 2.45. The van der Waals surface area contributed by atoms with Crippen LogP contribution in [0.15, 0.2) is 0 Å². The van der Waals surface area contributed by atoms with Gasteiger partial charge in [-0.05, 0) is 31.1 Å². The summed E-state index contributed by atoms with van der Waals surface area (Å²) in [5.74, 6) is 0.683. The van der Waals surface area contributed by atoms with Gasteiger partial charge in [0.15, 0.2) is 0 Å². The monoisotopic (exact) mass is 141 g/mol. The number of nitrogens with two attached hydrogens (primary N) is 1. The lowest BCUT2D eigenvalue weighted by Crippen LogP contribution is -2.38. The first-order valence-electron chi connectivity index (χ1n) is 4.12. The maximum Gasteiger partial charge on any atom is 0.0156 e. The molecule has 0 amide bonds. The van der Waals surface area contributed by atoms with Gasteiger partial charge in [-0.25, -0.2) is 0 Å². The van der Waals surface area contributed by atoms with Crippen LogP contribution >= 0.6 is 0 Å². The first kappa shape index (κ1) is 8.06. The highest BCUT2D eigenvalue weighted by Gasteiger charge is 2.42. The molecule has 0 aromatic heterocycles. The van der Waals surface area contributed by atoms with E-state index in [4.69, 9.17) is 5.73 Å². The average Bonchev–Trinajstić information content (AvgIpc) is 1.73. The smallest absolute Gasteiger partial charge is 0.0156 e. The summed E-state index contributed by atoms with van der Waals surface area (Å²) < 4.78 is 0. The molecule has 0 saturated heterocycles. The molecule has 60 valence electrons. The molecule has 0 radical (unpaired) electrons. The van der Waals surface area contributed by atoms with E-state index in [1.807, 2.05) is 0 Å². The normalized spacial score (nSPS) is 45.9. The zero-order valence-corrected chi connectivity index (χ0v) is 7.57. The Labute approximate surface area is 64.0 Å². The fraction of sp³-hybridized carbons (Fsp3) is 1.00. The van der Waals surface area contributed by atoms with Crippen LogP contribution in [0.4, 0.5) is 0 Å². The molecule has 2 atom stereocenters. The van der Waals surface area contributed by atoms with Gasteiger partial charge in [0, 0.05) is 5.54 Å². The van der Waals surface area contributed by atoms with Crippen molar-refractivity contribution in [1.82, 2.24) is 0 Å². The summed E-state index contributed by atoms with van der Waals surface area (Å²) in [5, 5.41) is 0. The van der Waals surface area contributed by atoms with Gasteiger partial charge in [0.25, 0.3) is 0 Å². The maximum atomic E-state index is 6.10. The second-order valence-electron chi connectivity index (χ2n) is 4.95. The largest absolute Gasteiger partial charge is 0.325 e. The van der Waals surface area contributed by atoms with Gasteiger partial charge in [0.05, 0.1) is 0 Å². The lowest BCUT2D eigenvalue weighted by molar-refractivity contribution is 0.345. The second kappa shape index (κ2) is 1.97. The molecule has 0 spiro atoms. The van der Waals surface area contributed by atoms with E-state index in [1.54, 1.807) is 0 Å². The van der Waals surface area contributed by atoms with Crippen LogP contribution in [0.3, 0.4) is 0 Å². The number of hydrogen-bond acceptors (Lipinski definition) is 1. The summed E-state index contributed by atoms with van der Waals surface area (Å²) >= 11 is 0. The fourth-order valence-corrected chi connectivity index (χ4v) is 2.34. The van der Waals surface area contributed by atoms with Crippen molar-refractivity contribution >= 4 is 0 Å². The molecule has 0 bridgehead atoms. The molecule has 0 unspecified atom stereocenters. The van der Waals surface area contributed by atoms with Crippen molar-refractivity contribution in [2.45, 2.75) is 46.1 Å². The summed E-state index contributed by atoms with van der Waals surface area (Å²) in [5.41, 5.74) is 6.66. The zero-order chi connectivity index (χ0) is 7.99. The highest BCUT2D eigenvalue weighted by Crippen LogP contribution is 2.45. The predicted octanol–water partition coefficient (Wildman–Crippen LogP) is 2.16. The Balaban J connectivity index is 2.71. The zero-order valence-electron chi connectivity index (χ0n) is 7.57. The van der Waals surface area contributed by atoms with Crippen molar-refractivity contribution < 1.29 is 0 Å². The van der Waals surface area contributed by atoms with Gasteiger partial charge in [-0.3, -0.25) is 0 Å². The SMILES string of the molecule is C[C@@H]1CC(C)(C)C[C@@]1(C)N. The third-order valence-corrected chi connectivity index (χ3v) is 2.84. The van der Waals surface area contributed by atoms with Crippen LogP contribution in [0, 0.1) is 11.3 Å². The van der Waals surface area contributed by atoms with Crippen molar-refractivity contribution in [1.29, 1.82) is 0 Å². The standard InChI is InChI=1S/C9H19N/c1-7-5-8(2,3)6-9(7,4)10/h7H,5-6,10H2,1-4H3/t7-,9-/m1/s1. The van der Waals surface area contributed by atoms with E-state index in [-0.39, 0.29) is 5.54 Å². The lowest BCUT2D eigenvalue weighted by Gasteiger charge is -2.24. The first-order chi connectivity index (χ1) is 4.33. The summed E-state index contributed by atoms with van der Waals surface area (Å²) in [7, 11) is 0. The highest BCUT2D eigenvalue weighted by atomic mass is 14.8. The van der Waals surface area contributed by atoms with Crippen LogP contribution in [0.1, 0.15) is 40.5 Å². The third kappa shape index (κ3) is 1.34. The Morgan fingerprint density at radius 1 is 1.30 bits per heavy atom. The number of hydrogen-bond donors (Lipinski definition) is 1. The third-order valence-electron chi connectivity index (χ3n) is 2.84. The predicted molar refractivity (Wildman–Crippen MR) is 44.8 cm³/mol. The minimum Gasteiger partial charge on any atom is -0.325 e. The van der Waals surface area contributed by atoms with Gasteiger partial charge in [-0.1, -0.05) is 20.8 Å². The van der Waals surface area contributed by atoms with Crippen LogP contribution in [-0.2, 0) is 0 Å². The van der Waals surface area contributed by atoms with Gasteiger partial charge >= 0.3 is 0 Å². The molecule has 1 aliphatic carbocycles. The summed E-state index contributed by atoms with van der Waals surface area (Å²) in [4.78, 5) is 0. The Kier molecular flexibility index (Phi) is 1.59. The van der Waals surface area contributed by atoms with Crippen LogP contribution < -0.4 is 5.73 Å². The Morgan fingerprint density at radius 3 is 1.90 bits per heavy atom. The van der Waals surface area contributed by atoms with Gasteiger partial charge in [-0.15, -0.1) is 0 Å². The minimum atomic E-state index is 0.0868. The first-order valence-corrected chi connectivity index (χ1v) is 4.12. The molecule has 1 heteroatoms. The molecule has 1 aliphatic rings. The lowest BCUT2D eigenvalue weighted by atomic mass is 9.89. The van der Waals surface area contributed by atoms with Gasteiger partial charge < -0.3 is 5.73 Å². The van der Waals surface area contributed by atoms with E-state index in [1.165, 1.54) is 12.8 Å². The van der Waals surface area contributed by atoms with Crippen molar-refractivity contribution in [3.8, 4) is 0 Å². The quantitative estimate of drug-likeness (QED) is 0.549. The highest BCUT2D eigenvalue weighted by molar-refractivity contribution is 4.98. The van der Waals surface area contributed by atoms with E-state index in [0.29, 0.717) is 11.3 Å². The summed E-state index contributed by atoms with van der Waals surface area (Å²) in [6, 6.07) is 0. The van der Waals surface area contributed by atoms with Crippen molar-refractivity contribution in [3.05, 3.63) is 0 Å². The van der Waals surface area contributed by atoms with Crippen LogP contribution in [0.5, 0.6) is 0 Å². The topological polar surface area (TPSA) is 26.0 Å². The Hall–Kier alpha value is -0.0400. The van der Waals surface area contributed by atoms with E-state index < -0.39 is 0 Å². The number of rotatable bonds is 0. The van der Waals surface area contributed by atoms with Crippen molar-refractivity contribution in [2.75, 3.05) is 0 Å². The van der Waals surface area contributed by atoms with Gasteiger partial charge in [0.1, 0.15) is 0 Å². The molecule has 10 heavy (non-hydrogen) atoms. The molecule has 1 saturated carbocycles. The van der Waals surface area contributed by atoms with Crippen LogP contribution in [0.25, 0.3) is 0 Å². The minimum absolute atomic E-state index is 0.0868. The molecule has 0 aromatic rings. The average molecular weight is 141 g/mol. The molecule has 1 fully saturated rings. The molecular formula is C9H19N. The van der Waals surface area contributed by atoms with Crippen molar-refractivity contribution in [2.24, 2.45) is 17.1 Å². The molecular weight excluding hydrogens is 122 g/mol. The molecule has 1 nitrogen and oxygen atoms in total. The van der Waals surface area contributed by atoms with Crippen molar-refractivity contribution in [3.63, 3.8) is 0 Å². The second-order valence-corrected chi connectivity index (χ2v) is 4.95. The molecule has 0 aliphatic heterocycles. The molecule has 0 heterocycles. The van der Waals surface area contributed by atoms with E-state index in [9.17, 15) is 0 Å². The van der Waals surface area contributed by atoms with Gasteiger partial charge in [-0.2, -0.15) is 0 Å². The Morgan fingerprint density at radius 2 is 1.80 bits per heavy atom. The van der Waals surface area contributed by atoms with E-state index >= 15 is 0 Å². The van der Waals surface area contributed by atoms with Gasteiger partial charge in [0.2, 0.25) is 0 Å². The fourth-order valence-electron chi connectivity index (χ4n) is 2.34. The van der Waals surface area contributed by atoms with Crippen LogP contribution in [0.2, 0.25) is 0 Å².